The number of aromatic nitrogens is 2. The lowest BCUT2D eigenvalue weighted by molar-refractivity contribution is 0.104. The van der Waals surface area contributed by atoms with Crippen LogP contribution in [0.5, 0.6) is 11.5 Å². The molecule has 0 fully saturated rings. The van der Waals surface area contributed by atoms with Gasteiger partial charge in [0.05, 0.1) is 24.4 Å². The van der Waals surface area contributed by atoms with Crippen LogP contribution in [-0.2, 0) is 13.6 Å². The van der Waals surface area contributed by atoms with Crippen molar-refractivity contribution >= 4 is 29.3 Å². The third kappa shape index (κ3) is 3.55. The molecule has 0 unspecified atom stereocenters. The number of benzene rings is 1. The lowest BCUT2D eigenvalue weighted by Gasteiger charge is -2.12. The van der Waals surface area contributed by atoms with E-state index in [1.165, 1.54) is 18.7 Å². The van der Waals surface area contributed by atoms with Crippen LogP contribution < -0.4 is 26.0 Å². The number of ether oxygens (including phenoxy) is 2. The lowest BCUT2D eigenvalue weighted by Crippen LogP contribution is -2.40. The topological polar surface area (TPSA) is 91.6 Å². The Hall–Kier alpha value is -3.00. The van der Waals surface area contributed by atoms with Crippen molar-refractivity contribution in [3.8, 4) is 11.5 Å². The van der Waals surface area contributed by atoms with Crippen molar-refractivity contribution in [1.29, 1.82) is 0 Å². The van der Waals surface area contributed by atoms with Crippen LogP contribution in [0.3, 0.4) is 0 Å². The third-order valence-electron chi connectivity index (χ3n) is 4.56. The molecule has 29 heavy (non-hydrogen) atoms. The minimum absolute atomic E-state index is 0.0450. The quantitative estimate of drug-likeness (QED) is 0.724. The molecule has 0 aliphatic carbocycles. The number of rotatable bonds is 6. The van der Waals surface area contributed by atoms with Crippen molar-refractivity contribution < 1.29 is 14.3 Å². The molecule has 0 bridgehead atoms. The van der Waals surface area contributed by atoms with Gasteiger partial charge in [0, 0.05) is 13.6 Å². The Morgan fingerprint density at radius 3 is 2.55 bits per heavy atom. The highest BCUT2D eigenvalue weighted by Crippen LogP contribution is 2.37. The van der Waals surface area contributed by atoms with E-state index in [4.69, 9.17) is 21.1 Å². The molecular formula is C20H22ClN3O5. The maximum atomic E-state index is 12.9. The number of Topliss-reactive ketones (excluding diaryl/α,β-unsaturated/α-hetero) is 1. The van der Waals surface area contributed by atoms with E-state index >= 15 is 0 Å². The number of carbonyl (C=O) groups is 1. The third-order valence-corrected chi connectivity index (χ3v) is 4.84. The number of hydrogen-bond donors (Lipinski definition) is 1. The van der Waals surface area contributed by atoms with Crippen LogP contribution in [0.1, 0.15) is 36.2 Å². The predicted molar refractivity (Wildman–Crippen MR) is 111 cm³/mol. The van der Waals surface area contributed by atoms with Gasteiger partial charge in [0.1, 0.15) is 11.4 Å². The molecule has 0 saturated carbocycles. The largest absolute Gasteiger partial charge is 0.491 e. The standard InChI is InChI=1S/C20H22ClN3O5/c1-5-7-24-18-15(19(26)23(3)20(24)27)16(25)13(22-18)9-11-8-12(21)17(28-4)14(10-11)29-6-2/h8-10,22H,5-7H2,1-4H3/b13-9+. The number of allylic oxidation sites excluding steroid dienone is 1. The fourth-order valence-corrected chi connectivity index (χ4v) is 3.55. The summed E-state index contributed by atoms with van der Waals surface area (Å²) in [5, 5.41) is 3.27. The van der Waals surface area contributed by atoms with Crippen LogP contribution in [0.15, 0.2) is 27.4 Å². The van der Waals surface area contributed by atoms with Gasteiger partial charge >= 0.3 is 5.69 Å². The summed E-state index contributed by atoms with van der Waals surface area (Å²) < 4.78 is 13.2. The van der Waals surface area contributed by atoms with Crippen LogP contribution in [-0.4, -0.2) is 28.6 Å². The zero-order chi connectivity index (χ0) is 21.3. The highest BCUT2D eigenvalue weighted by molar-refractivity contribution is 6.32. The summed E-state index contributed by atoms with van der Waals surface area (Å²) in [6, 6.07) is 3.32. The molecule has 0 amide bonds. The van der Waals surface area contributed by atoms with Gasteiger partial charge in [-0.3, -0.25) is 18.7 Å². The molecule has 0 spiro atoms. The van der Waals surface area contributed by atoms with Crippen LogP contribution in [0.2, 0.25) is 5.02 Å². The van der Waals surface area contributed by atoms with Gasteiger partial charge in [0.2, 0.25) is 5.78 Å². The first-order valence-electron chi connectivity index (χ1n) is 9.21. The van der Waals surface area contributed by atoms with Crippen molar-refractivity contribution in [3.05, 3.63) is 54.8 Å². The van der Waals surface area contributed by atoms with Crippen LogP contribution in [0.25, 0.3) is 6.08 Å². The molecule has 1 aliphatic rings. The second-order valence-electron chi connectivity index (χ2n) is 6.50. The molecule has 1 aliphatic heterocycles. The Morgan fingerprint density at radius 2 is 1.93 bits per heavy atom. The highest BCUT2D eigenvalue weighted by Gasteiger charge is 2.32. The molecule has 0 atom stereocenters. The van der Waals surface area contributed by atoms with Crippen molar-refractivity contribution in [2.75, 3.05) is 19.0 Å². The van der Waals surface area contributed by atoms with Crippen LogP contribution in [0.4, 0.5) is 5.82 Å². The summed E-state index contributed by atoms with van der Waals surface area (Å²) in [7, 11) is 2.85. The fourth-order valence-electron chi connectivity index (χ4n) is 3.25. The molecule has 2 aromatic rings. The Morgan fingerprint density at radius 1 is 1.21 bits per heavy atom. The predicted octanol–water partition coefficient (Wildman–Crippen LogP) is 2.67. The van der Waals surface area contributed by atoms with E-state index in [0.717, 1.165) is 4.57 Å². The summed E-state index contributed by atoms with van der Waals surface area (Å²) in [6.07, 6.45) is 2.24. The van der Waals surface area contributed by atoms with E-state index < -0.39 is 17.0 Å². The molecule has 0 radical (unpaired) electrons. The van der Waals surface area contributed by atoms with Gasteiger partial charge in [-0.25, -0.2) is 4.79 Å². The van der Waals surface area contributed by atoms with Gasteiger partial charge in [-0.1, -0.05) is 18.5 Å². The van der Waals surface area contributed by atoms with Crippen LogP contribution in [0, 0.1) is 0 Å². The van der Waals surface area contributed by atoms with Crippen molar-refractivity contribution in [2.24, 2.45) is 7.05 Å². The second-order valence-corrected chi connectivity index (χ2v) is 6.91. The number of carbonyl (C=O) groups excluding carboxylic acids is 1. The van der Waals surface area contributed by atoms with Gasteiger partial charge < -0.3 is 14.8 Å². The summed E-state index contributed by atoms with van der Waals surface area (Å²) in [6.45, 7) is 4.53. The number of ketones is 1. The van der Waals surface area contributed by atoms with Gasteiger partial charge in [0.25, 0.3) is 5.56 Å². The van der Waals surface area contributed by atoms with E-state index in [1.807, 2.05) is 13.8 Å². The average Bonchev–Trinajstić information content (AvgIpc) is 3.00. The Bertz CT molecular complexity index is 1130. The second kappa shape index (κ2) is 8.16. The first-order chi connectivity index (χ1) is 13.8. The van der Waals surface area contributed by atoms with E-state index in [0.29, 0.717) is 41.7 Å². The Balaban J connectivity index is 2.13. The van der Waals surface area contributed by atoms with Crippen molar-refractivity contribution in [2.45, 2.75) is 26.8 Å². The summed E-state index contributed by atoms with van der Waals surface area (Å²) >= 11 is 6.28. The number of hydrogen-bond acceptors (Lipinski definition) is 6. The number of methoxy groups -OCH3 is 1. The minimum atomic E-state index is -0.624. The van der Waals surface area contributed by atoms with E-state index in [-0.39, 0.29) is 17.1 Å². The van der Waals surface area contributed by atoms with Gasteiger partial charge in [0.15, 0.2) is 11.5 Å². The van der Waals surface area contributed by atoms with Crippen molar-refractivity contribution in [1.82, 2.24) is 9.13 Å². The number of halogens is 1. The first-order valence-corrected chi connectivity index (χ1v) is 9.59. The number of anilines is 1. The minimum Gasteiger partial charge on any atom is -0.491 e. The smallest absolute Gasteiger partial charge is 0.332 e. The first kappa shape index (κ1) is 20.7. The van der Waals surface area contributed by atoms with Gasteiger partial charge in [-0.2, -0.15) is 0 Å². The van der Waals surface area contributed by atoms with Crippen molar-refractivity contribution in [3.63, 3.8) is 0 Å². The zero-order valence-corrected chi connectivity index (χ0v) is 17.4. The average molecular weight is 420 g/mol. The molecule has 1 N–H and O–H groups in total. The summed E-state index contributed by atoms with van der Waals surface area (Å²) in [4.78, 5) is 37.9. The SMILES string of the molecule is CCCn1c2c(c(=O)n(C)c1=O)C(=O)/C(=C\c1cc(Cl)c(OC)c(OCC)c1)N2. The maximum absolute atomic E-state index is 12.9. The molecule has 8 nitrogen and oxygen atoms in total. The number of nitrogens with zero attached hydrogens (tertiary/aromatic N) is 2. The molecule has 3 rings (SSSR count). The summed E-state index contributed by atoms with van der Waals surface area (Å²) in [5.74, 6) is 0.586. The van der Waals surface area contributed by atoms with E-state index in [9.17, 15) is 14.4 Å². The van der Waals surface area contributed by atoms with Gasteiger partial charge in [-0.05, 0) is 37.1 Å². The molecule has 1 aromatic heterocycles. The molecule has 0 saturated heterocycles. The fraction of sp³-hybridized carbons (Fsp3) is 0.350. The molecule has 154 valence electrons. The van der Waals surface area contributed by atoms with E-state index in [2.05, 4.69) is 5.32 Å². The number of fused-ring (bicyclic) bond motifs is 1. The Labute approximate surface area is 172 Å². The number of nitrogens with one attached hydrogen (secondary N) is 1. The molecule has 2 heterocycles. The van der Waals surface area contributed by atoms with E-state index in [1.54, 1.807) is 18.2 Å². The molecular weight excluding hydrogens is 398 g/mol. The van der Waals surface area contributed by atoms with Gasteiger partial charge in [-0.15, -0.1) is 0 Å². The maximum Gasteiger partial charge on any atom is 0.332 e. The lowest BCUT2D eigenvalue weighted by atomic mass is 10.1. The Kier molecular flexibility index (Phi) is 5.83. The highest BCUT2D eigenvalue weighted by atomic mass is 35.5. The monoisotopic (exact) mass is 419 g/mol. The normalized spacial score (nSPS) is 14.1. The molecule has 1 aromatic carbocycles. The molecule has 9 heteroatoms. The summed E-state index contributed by atoms with van der Waals surface area (Å²) in [5.41, 5.74) is -0.374. The zero-order valence-electron chi connectivity index (χ0n) is 16.7. The van der Waals surface area contributed by atoms with Crippen LogP contribution >= 0.6 is 11.6 Å².